The van der Waals surface area contributed by atoms with E-state index in [1.807, 2.05) is 6.92 Å². The van der Waals surface area contributed by atoms with E-state index in [9.17, 15) is 8.78 Å². The fourth-order valence-corrected chi connectivity index (χ4v) is 1.63. The highest BCUT2D eigenvalue weighted by molar-refractivity contribution is 6.31. The van der Waals surface area contributed by atoms with Gasteiger partial charge in [0.15, 0.2) is 0 Å². The molecule has 0 heterocycles. The van der Waals surface area contributed by atoms with Gasteiger partial charge in [-0.3, -0.25) is 0 Å². The summed E-state index contributed by atoms with van der Waals surface area (Å²) in [5.41, 5.74) is 5.76. The third-order valence-electron chi connectivity index (χ3n) is 2.05. The first-order chi connectivity index (χ1) is 6.57. The van der Waals surface area contributed by atoms with E-state index in [1.54, 1.807) is 0 Å². The predicted molar refractivity (Wildman–Crippen MR) is 60.5 cm³/mol. The Hall–Kier alpha value is -0.380. The monoisotopic (exact) mass is 255 g/mol. The average Bonchev–Trinajstić information content (AvgIpc) is 2.13. The van der Waals surface area contributed by atoms with Gasteiger partial charge in [0.1, 0.15) is 11.6 Å². The van der Waals surface area contributed by atoms with Crippen LogP contribution in [0.1, 0.15) is 31.4 Å². The lowest BCUT2D eigenvalue weighted by Crippen LogP contribution is -2.13. The van der Waals surface area contributed by atoms with Gasteiger partial charge in [-0.2, -0.15) is 0 Å². The first-order valence-electron chi connectivity index (χ1n) is 4.46. The molecule has 2 N–H and O–H groups in total. The molecule has 1 aromatic carbocycles. The summed E-state index contributed by atoms with van der Waals surface area (Å²) in [6.07, 6.45) is 1.38. The topological polar surface area (TPSA) is 26.0 Å². The van der Waals surface area contributed by atoms with Crippen molar-refractivity contribution < 1.29 is 8.78 Å². The van der Waals surface area contributed by atoms with Gasteiger partial charge in [-0.15, -0.1) is 12.4 Å². The van der Waals surface area contributed by atoms with Crippen molar-refractivity contribution in [2.75, 3.05) is 0 Å². The minimum Gasteiger partial charge on any atom is -0.324 e. The largest absolute Gasteiger partial charge is 0.324 e. The smallest absolute Gasteiger partial charge is 0.142 e. The predicted octanol–water partition coefficient (Wildman–Crippen LogP) is 3.84. The Morgan fingerprint density at radius 1 is 1.33 bits per heavy atom. The summed E-state index contributed by atoms with van der Waals surface area (Å²) >= 11 is 5.63. The Kier molecular flexibility index (Phi) is 6.10. The molecule has 0 unspecified atom stereocenters. The standard InChI is InChI=1S/C10H12ClF2N.ClH/c1-2-3-8(14)9-6(12)4-5-7(13)10(9)11;/h4-5,8H,2-3,14H2,1H3;1H/t8-;/m1./s1. The molecule has 86 valence electrons. The molecular weight excluding hydrogens is 243 g/mol. The van der Waals surface area contributed by atoms with Crippen LogP contribution in [0, 0.1) is 11.6 Å². The Morgan fingerprint density at radius 3 is 2.40 bits per heavy atom. The molecule has 1 rings (SSSR count). The average molecular weight is 256 g/mol. The molecule has 0 spiro atoms. The lowest BCUT2D eigenvalue weighted by atomic mass is 10.0. The van der Waals surface area contributed by atoms with Gasteiger partial charge in [-0.25, -0.2) is 8.78 Å². The van der Waals surface area contributed by atoms with Crippen LogP contribution in [0.15, 0.2) is 12.1 Å². The van der Waals surface area contributed by atoms with Gasteiger partial charge in [-0.1, -0.05) is 24.9 Å². The molecule has 0 aromatic heterocycles. The molecule has 15 heavy (non-hydrogen) atoms. The second-order valence-corrected chi connectivity index (χ2v) is 3.53. The molecule has 0 fully saturated rings. The minimum atomic E-state index is -0.630. The third kappa shape index (κ3) is 3.30. The van der Waals surface area contributed by atoms with E-state index in [2.05, 4.69) is 0 Å². The number of hydrogen-bond donors (Lipinski definition) is 1. The summed E-state index contributed by atoms with van der Waals surface area (Å²) in [5.74, 6) is -1.17. The summed E-state index contributed by atoms with van der Waals surface area (Å²) in [6, 6.07) is 1.51. The quantitative estimate of drug-likeness (QED) is 0.817. The lowest BCUT2D eigenvalue weighted by Gasteiger charge is -2.13. The Labute approximate surface area is 99.0 Å². The van der Waals surface area contributed by atoms with Gasteiger partial charge in [0.05, 0.1) is 5.02 Å². The maximum absolute atomic E-state index is 13.3. The van der Waals surface area contributed by atoms with Crippen molar-refractivity contribution >= 4 is 24.0 Å². The normalized spacial score (nSPS) is 12.1. The van der Waals surface area contributed by atoms with Crippen molar-refractivity contribution in [2.45, 2.75) is 25.8 Å². The highest BCUT2D eigenvalue weighted by Gasteiger charge is 2.17. The van der Waals surface area contributed by atoms with Crippen LogP contribution in [0.25, 0.3) is 0 Å². The van der Waals surface area contributed by atoms with E-state index < -0.39 is 17.7 Å². The van der Waals surface area contributed by atoms with Crippen LogP contribution in [-0.4, -0.2) is 0 Å². The van der Waals surface area contributed by atoms with Crippen LogP contribution >= 0.6 is 24.0 Å². The van der Waals surface area contributed by atoms with Gasteiger partial charge in [-0.05, 0) is 18.6 Å². The van der Waals surface area contributed by atoms with Crippen molar-refractivity contribution in [1.82, 2.24) is 0 Å². The Balaban J connectivity index is 0.00000196. The highest BCUT2D eigenvalue weighted by Crippen LogP contribution is 2.29. The number of benzene rings is 1. The van der Waals surface area contributed by atoms with Gasteiger partial charge in [0, 0.05) is 11.6 Å². The van der Waals surface area contributed by atoms with Crippen molar-refractivity contribution in [3.05, 3.63) is 34.4 Å². The summed E-state index contributed by atoms with van der Waals surface area (Å²) < 4.78 is 26.3. The molecule has 0 radical (unpaired) electrons. The van der Waals surface area contributed by atoms with Crippen LogP contribution in [0.3, 0.4) is 0 Å². The zero-order valence-corrected chi connectivity index (χ0v) is 9.84. The van der Waals surface area contributed by atoms with Gasteiger partial charge in [0.25, 0.3) is 0 Å². The molecule has 0 aliphatic carbocycles. The molecule has 0 aliphatic rings. The van der Waals surface area contributed by atoms with E-state index in [0.29, 0.717) is 6.42 Å². The third-order valence-corrected chi connectivity index (χ3v) is 2.43. The van der Waals surface area contributed by atoms with Crippen molar-refractivity contribution in [3.63, 3.8) is 0 Å². The Morgan fingerprint density at radius 2 is 1.87 bits per heavy atom. The number of rotatable bonds is 3. The first kappa shape index (κ1) is 14.6. The zero-order valence-electron chi connectivity index (χ0n) is 8.27. The molecule has 0 bridgehead atoms. The highest BCUT2D eigenvalue weighted by atomic mass is 35.5. The van der Waals surface area contributed by atoms with Crippen LogP contribution in [0.4, 0.5) is 8.78 Å². The van der Waals surface area contributed by atoms with Crippen LogP contribution in [0.5, 0.6) is 0 Å². The fraction of sp³-hybridized carbons (Fsp3) is 0.400. The molecule has 0 amide bonds. The SMILES string of the molecule is CCC[C@@H](N)c1c(F)ccc(F)c1Cl.Cl. The zero-order chi connectivity index (χ0) is 10.7. The van der Waals surface area contributed by atoms with E-state index in [1.165, 1.54) is 0 Å². The number of hydrogen-bond acceptors (Lipinski definition) is 1. The fourth-order valence-electron chi connectivity index (χ4n) is 1.34. The molecule has 5 heteroatoms. The van der Waals surface area contributed by atoms with Crippen LogP contribution in [-0.2, 0) is 0 Å². The van der Waals surface area contributed by atoms with Crippen molar-refractivity contribution in [3.8, 4) is 0 Å². The van der Waals surface area contributed by atoms with Gasteiger partial charge < -0.3 is 5.73 Å². The molecule has 1 aromatic rings. The van der Waals surface area contributed by atoms with Crippen molar-refractivity contribution in [1.29, 1.82) is 0 Å². The molecule has 1 nitrogen and oxygen atoms in total. The van der Waals surface area contributed by atoms with E-state index in [-0.39, 0.29) is 23.0 Å². The van der Waals surface area contributed by atoms with Crippen molar-refractivity contribution in [2.24, 2.45) is 5.73 Å². The second-order valence-electron chi connectivity index (χ2n) is 3.15. The molecular formula is C10H13Cl2F2N. The molecule has 0 aliphatic heterocycles. The van der Waals surface area contributed by atoms with Crippen LogP contribution in [0.2, 0.25) is 5.02 Å². The van der Waals surface area contributed by atoms with E-state index >= 15 is 0 Å². The van der Waals surface area contributed by atoms with Crippen LogP contribution < -0.4 is 5.73 Å². The maximum Gasteiger partial charge on any atom is 0.142 e. The maximum atomic E-state index is 13.3. The Bertz CT molecular complexity index is 331. The van der Waals surface area contributed by atoms with E-state index in [0.717, 1.165) is 18.6 Å². The number of nitrogens with two attached hydrogens (primary N) is 1. The number of halogens is 4. The molecule has 0 saturated heterocycles. The van der Waals surface area contributed by atoms with Gasteiger partial charge >= 0.3 is 0 Å². The summed E-state index contributed by atoms with van der Waals surface area (Å²) in [6.45, 7) is 1.92. The first-order valence-corrected chi connectivity index (χ1v) is 4.84. The minimum absolute atomic E-state index is 0. The summed E-state index contributed by atoms with van der Waals surface area (Å²) in [4.78, 5) is 0. The lowest BCUT2D eigenvalue weighted by molar-refractivity contribution is 0.545. The van der Waals surface area contributed by atoms with E-state index in [4.69, 9.17) is 17.3 Å². The van der Waals surface area contributed by atoms with Gasteiger partial charge in [0.2, 0.25) is 0 Å². The molecule has 1 atom stereocenters. The summed E-state index contributed by atoms with van der Waals surface area (Å²) in [7, 11) is 0. The molecule has 0 saturated carbocycles. The second kappa shape index (κ2) is 6.26. The summed E-state index contributed by atoms with van der Waals surface area (Å²) in [5, 5.41) is -0.203.